The van der Waals surface area contributed by atoms with Crippen LogP contribution >= 0.6 is 11.3 Å². The molecule has 0 radical (unpaired) electrons. The van der Waals surface area contributed by atoms with E-state index in [9.17, 15) is 0 Å². The van der Waals surface area contributed by atoms with Gasteiger partial charge in [0.05, 0.1) is 24.9 Å². The van der Waals surface area contributed by atoms with Crippen LogP contribution in [0.5, 0.6) is 11.5 Å². The number of ether oxygens (including phenoxy) is 2. The van der Waals surface area contributed by atoms with Crippen molar-refractivity contribution in [3.63, 3.8) is 0 Å². The van der Waals surface area contributed by atoms with Crippen LogP contribution in [0.1, 0.15) is 53.6 Å². The number of rotatable bonds is 7. The van der Waals surface area contributed by atoms with E-state index < -0.39 is 0 Å². The van der Waals surface area contributed by atoms with Crippen LogP contribution in [-0.4, -0.2) is 19.2 Å². The van der Waals surface area contributed by atoms with Gasteiger partial charge in [0.25, 0.3) is 0 Å². The van der Waals surface area contributed by atoms with Gasteiger partial charge in [-0.2, -0.15) is 0 Å². The summed E-state index contributed by atoms with van der Waals surface area (Å²) in [7, 11) is 3.33. The van der Waals surface area contributed by atoms with Gasteiger partial charge < -0.3 is 14.8 Å². The molecule has 124 valence electrons. The lowest BCUT2D eigenvalue weighted by molar-refractivity contribution is 0.354. The molecule has 1 saturated carbocycles. The fourth-order valence-corrected chi connectivity index (χ4v) is 3.68. The maximum absolute atomic E-state index is 5.40. The van der Waals surface area contributed by atoms with E-state index in [4.69, 9.17) is 14.5 Å². The molecule has 1 fully saturated rings. The summed E-state index contributed by atoms with van der Waals surface area (Å²) < 4.78 is 10.7. The predicted octanol–water partition coefficient (Wildman–Crippen LogP) is 4.20. The molecule has 0 aliphatic heterocycles. The zero-order valence-electron chi connectivity index (χ0n) is 14.2. The normalized spacial score (nSPS) is 15.5. The van der Waals surface area contributed by atoms with Crippen molar-refractivity contribution in [3.8, 4) is 11.5 Å². The highest BCUT2D eigenvalue weighted by molar-refractivity contribution is 7.09. The highest BCUT2D eigenvalue weighted by Crippen LogP contribution is 2.41. The number of methoxy groups -OCH3 is 2. The van der Waals surface area contributed by atoms with Crippen LogP contribution in [0.25, 0.3) is 0 Å². The summed E-state index contributed by atoms with van der Waals surface area (Å²) in [5.74, 6) is 2.27. The van der Waals surface area contributed by atoms with Crippen LogP contribution in [0.2, 0.25) is 0 Å². The van der Waals surface area contributed by atoms with Gasteiger partial charge in [-0.1, -0.05) is 0 Å². The maximum atomic E-state index is 5.40. The Balaban J connectivity index is 1.66. The SMILES string of the molecule is COc1cc(C)c(CNC(C)c2csc(C3CC3)n2)cc1OC. The molecule has 0 bridgehead atoms. The van der Waals surface area contributed by atoms with Crippen molar-refractivity contribution in [2.75, 3.05) is 14.2 Å². The average molecular weight is 332 g/mol. The van der Waals surface area contributed by atoms with Crippen molar-refractivity contribution in [1.29, 1.82) is 0 Å². The molecule has 1 aromatic heterocycles. The van der Waals surface area contributed by atoms with Crippen LogP contribution in [0.15, 0.2) is 17.5 Å². The highest BCUT2D eigenvalue weighted by atomic mass is 32.1. The largest absolute Gasteiger partial charge is 0.493 e. The van der Waals surface area contributed by atoms with Crippen molar-refractivity contribution in [2.45, 2.75) is 45.2 Å². The summed E-state index contributed by atoms with van der Waals surface area (Å²) in [4.78, 5) is 4.78. The molecular weight excluding hydrogens is 308 g/mol. The fourth-order valence-electron chi connectivity index (χ4n) is 2.60. The number of benzene rings is 1. The second-order valence-corrected chi connectivity index (χ2v) is 7.01. The van der Waals surface area contributed by atoms with Crippen LogP contribution in [0.4, 0.5) is 0 Å². The number of nitrogens with zero attached hydrogens (tertiary/aromatic N) is 1. The Morgan fingerprint density at radius 1 is 1.26 bits per heavy atom. The Hall–Kier alpha value is -1.59. The van der Waals surface area contributed by atoms with Gasteiger partial charge in [0.2, 0.25) is 0 Å². The molecule has 1 atom stereocenters. The van der Waals surface area contributed by atoms with Gasteiger partial charge in [-0.15, -0.1) is 11.3 Å². The van der Waals surface area contributed by atoms with E-state index in [1.54, 1.807) is 25.6 Å². The lowest BCUT2D eigenvalue weighted by atomic mass is 10.1. The molecular formula is C18H24N2O2S. The minimum absolute atomic E-state index is 0.242. The van der Waals surface area contributed by atoms with E-state index in [-0.39, 0.29) is 6.04 Å². The Labute approximate surface area is 141 Å². The Morgan fingerprint density at radius 2 is 1.96 bits per heavy atom. The van der Waals surface area contributed by atoms with Crippen molar-refractivity contribution < 1.29 is 9.47 Å². The third-order valence-corrected chi connectivity index (χ3v) is 5.38. The first kappa shape index (κ1) is 16.3. The fraction of sp³-hybridized carbons (Fsp3) is 0.500. The first-order chi connectivity index (χ1) is 11.1. The third-order valence-electron chi connectivity index (χ3n) is 4.35. The molecule has 23 heavy (non-hydrogen) atoms. The molecule has 5 heteroatoms. The van der Waals surface area contributed by atoms with Crippen molar-refractivity contribution >= 4 is 11.3 Å². The number of thiazole rings is 1. The number of hydrogen-bond acceptors (Lipinski definition) is 5. The number of aryl methyl sites for hydroxylation is 1. The van der Waals surface area contributed by atoms with Gasteiger partial charge in [0, 0.05) is 23.9 Å². The maximum Gasteiger partial charge on any atom is 0.161 e. The summed E-state index contributed by atoms with van der Waals surface area (Å²) in [5, 5.41) is 7.05. The van der Waals surface area contributed by atoms with E-state index in [1.165, 1.54) is 29.0 Å². The van der Waals surface area contributed by atoms with Gasteiger partial charge in [0.15, 0.2) is 11.5 Å². The summed E-state index contributed by atoms with van der Waals surface area (Å²) >= 11 is 1.80. The van der Waals surface area contributed by atoms with Crippen LogP contribution in [0, 0.1) is 6.92 Å². The summed E-state index contributed by atoms with van der Waals surface area (Å²) in [5.41, 5.74) is 3.56. The first-order valence-corrected chi connectivity index (χ1v) is 8.90. The average Bonchev–Trinajstić information content (AvgIpc) is 3.30. The van der Waals surface area contributed by atoms with Gasteiger partial charge in [-0.25, -0.2) is 4.98 Å². The van der Waals surface area contributed by atoms with E-state index in [1.807, 2.05) is 12.1 Å². The monoisotopic (exact) mass is 332 g/mol. The molecule has 0 saturated heterocycles. The van der Waals surface area contributed by atoms with Crippen LogP contribution in [-0.2, 0) is 6.54 Å². The minimum Gasteiger partial charge on any atom is -0.493 e. The molecule has 3 rings (SSSR count). The lowest BCUT2D eigenvalue weighted by Gasteiger charge is -2.16. The number of nitrogens with one attached hydrogen (secondary N) is 1. The molecule has 4 nitrogen and oxygen atoms in total. The van der Waals surface area contributed by atoms with Crippen molar-refractivity contribution in [3.05, 3.63) is 39.3 Å². The van der Waals surface area contributed by atoms with Gasteiger partial charge in [0.1, 0.15) is 0 Å². The second-order valence-electron chi connectivity index (χ2n) is 6.12. The zero-order chi connectivity index (χ0) is 16.4. The molecule has 0 amide bonds. The molecule has 1 aliphatic carbocycles. The lowest BCUT2D eigenvalue weighted by Crippen LogP contribution is -2.19. The topological polar surface area (TPSA) is 43.4 Å². The Kier molecular flexibility index (Phi) is 4.87. The molecule has 1 N–H and O–H groups in total. The van der Waals surface area contributed by atoms with E-state index in [0.717, 1.165) is 29.7 Å². The molecule has 1 aromatic carbocycles. The standard InChI is InChI=1S/C18H24N2O2S/c1-11-7-16(21-3)17(22-4)8-14(11)9-19-12(2)15-10-23-18(20-15)13-5-6-13/h7-8,10,12-13,19H,5-6,9H2,1-4H3. The van der Waals surface area contributed by atoms with Gasteiger partial charge in [-0.05, 0) is 49.9 Å². The van der Waals surface area contributed by atoms with Crippen LogP contribution in [0.3, 0.4) is 0 Å². The third kappa shape index (κ3) is 3.67. The molecule has 2 aromatic rings. The zero-order valence-corrected chi connectivity index (χ0v) is 15.0. The molecule has 0 spiro atoms. The van der Waals surface area contributed by atoms with E-state index >= 15 is 0 Å². The second kappa shape index (κ2) is 6.89. The van der Waals surface area contributed by atoms with Gasteiger partial charge >= 0.3 is 0 Å². The van der Waals surface area contributed by atoms with Gasteiger partial charge in [-0.3, -0.25) is 0 Å². The summed E-state index contributed by atoms with van der Waals surface area (Å²) in [6, 6.07) is 4.31. The van der Waals surface area contributed by atoms with E-state index in [0.29, 0.717) is 0 Å². The molecule has 1 heterocycles. The van der Waals surface area contributed by atoms with Crippen molar-refractivity contribution in [1.82, 2.24) is 10.3 Å². The predicted molar refractivity (Wildman–Crippen MR) is 93.6 cm³/mol. The summed E-state index contributed by atoms with van der Waals surface area (Å²) in [6.45, 7) is 5.04. The molecule has 1 aliphatic rings. The first-order valence-electron chi connectivity index (χ1n) is 8.02. The smallest absolute Gasteiger partial charge is 0.161 e. The quantitative estimate of drug-likeness (QED) is 0.825. The highest BCUT2D eigenvalue weighted by Gasteiger charge is 2.27. The Morgan fingerprint density at radius 3 is 2.61 bits per heavy atom. The number of aromatic nitrogens is 1. The van der Waals surface area contributed by atoms with Crippen LogP contribution < -0.4 is 14.8 Å². The van der Waals surface area contributed by atoms with Crippen molar-refractivity contribution in [2.24, 2.45) is 0 Å². The number of hydrogen-bond donors (Lipinski definition) is 1. The van der Waals surface area contributed by atoms with E-state index in [2.05, 4.69) is 24.5 Å². The molecule has 1 unspecified atom stereocenters. The Bertz CT molecular complexity index is 680. The summed E-state index contributed by atoms with van der Waals surface area (Å²) in [6.07, 6.45) is 2.61. The minimum atomic E-state index is 0.242.